The van der Waals surface area contributed by atoms with E-state index in [1.54, 1.807) is 0 Å². The number of nitrogens with zero attached hydrogens (tertiary/aromatic N) is 3. The number of rotatable bonds is 8. The highest BCUT2D eigenvalue weighted by Gasteiger charge is 2.30. The van der Waals surface area contributed by atoms with E-state index in [-0.39, 0.29) is 12.4 Å². The summed E-state index contributed by atoms with van der Waals surface area (Å²) < 4.78 is 42.6. The maximum Gasteiger partial charge on any atom is 0.405 e. The molecule has 1 N–H and O–H groups in total. The lowest BCUT2D eigenvalue weighted by molar-refractivity contribution is -0.119. The summed E-state index contributed by atoms with van der Waals surface area (Å²) in [5, 5.41) is 3.05. The first-order valence-corrected chi connectivity index (χ1v) is 6.83. The van der Waals surface area contributed by atoms with Crippen molar-refractivity contribution >= 4 is 11.6 Å². The average Bonchev–Trinajstić information content (AvgIpc) is 2.40. The number of nitrogens with one attached hydrogen (secondary N) is 1. The molecule has 0 saturated heterocycles. The third kappa shape index (κ3) is 6.61. The quantitative estimate of drug-likeness (QED) is 0.800. The number of alkyl halides is 3. The molecule has 120 valence electrons. The van der Waals surface area contributed by atoms with Crippen LogP contribution in [0.5, 0.6) is 0 Å². The minimum Gasteiger partial charge on any atom is -0.374 e. The van der Waals surface area contributed by atoms with Crippen LogP contribution >= 0.6 is 0 Å². The zero-order valence-electron chi connectivity index (χ0n) is 12.5. The second kappa shape index (κ2) is 8.02. The molecule has 0 saturated carbocycles. The Bertz CT molecular complexity index is 414. The Morgan fingerprint density at radius 2 is 2.00 bits per heavy atom. The number of aromatic nitrogens is 2. The van der Waals surface area contributed by atoms with E-state index >= 15 is 0 Å². The lowest BCUT2D eigenvalue weighted by Gasteiger charge is -2.21. The van der Waals surface area contributed by atoms with Crippen molar-refractivity contribution in [3.63, 3.8) is 0 Å². The van der Waals surface area contributed by atoms with Gasteiger partial charge in [-0.15, -0.1) is 0 Å². The molecule has 0 aromatic carbocycles. The fourth-order valence-electron chi connectivity index (χ4n) is 1.63. The van der Waals surface area contributed by atoms with Crippen LogP contribution < -0.4 is 10.2 Å². The summed E-state index contributed by atoms with van der Waals surface area (Å²) in [4.78, 5) is 9.39. The maximum absolute atomic E-state index is 12.5. The molecule has 0 bridgehead atoms. The molecule has 5 nitrogen and oxygen atoms in total. The van der Waals surface area contributed by atoms with Gasteiger partial charge in [0.1, 0.15) is 24.8 Å². The molecule has 21 heavy (non-hydrogen) atoms. The molecule has 0 amide bonds. The van der Waals surface area contributed by atoms with Crippen LogP contribution in [0.1, 0.15) is 26.1 Å². The minimum absolute atomic E-state index is 0.172. The van der Waals surface area contributed by atoms with E-state index in [4.69, 9.17) is 4.74 Å². The summed E-state index contributed by atoms with van der Waals surface area (Å²) in [6, 6.07) is 1.51. The predicted octanol–water partition coefficient (Wildman–Crippen LogP) is 2.83. The number of hydrogen-bond donors (Lipinski definition) is 1. The highest BCUT2D eigenvalue weighted by Crippen LogP contribution is 2.21. The summed E-state index contributed by atoms with van der Waals surface area (Å²) in [6.07, 6.45) is -3.39. The Morgan fingerprint density at radius 3 is 2.57 bits per heavy atom. The molecule has 8 heteroatoms. The Labute approximate surface area is 122 Å². The topological polar surface area (TPSA) is 50.3 Å². The average molecular weight is 306 g/mol. The van der Waals surface area contributed by atoms with Gasteiger partial charge in [-0.25, -0.2) is 9.97 Å². The van der Waals surface area contributed by atoms with E-state index in [9.17, 15) is 13.2 Å². The molecule has 0 fully saturated rings. The molecule has 0 atom stereocenters. The van der Waals surface area contributed by atoms with Crippen LogP contribution in [0.25, 0.3) is 0 Å². The number of halogens is 3. The van der Waals surface area contributed by atoms with Gasteiger partial charge in [0.2, 0.25) is 0 Å². The zero-order chi connectivity index (χ0) is 15.9. The number of anilines is 2. The van der Waals surface area contributed by atoms with Gasteiger partial charge in [0, 0.05) is 26.3 Å². The maximum atomic E-state index is 12.5. The largest absolute Gasteiger partial charge is 0.405 e. The van der Waals surface area contributed by atoms with Crippen LogP contribution in [-0.4, -0.2) is 42.9 Å². The van der Waals surface area contributed by atoms with Crippen LogP contribution in [0.4, 0.5) is 24.8 Å². The molecule has 0 spiro atoms. The Kier molecular flexibility index (Phi) is 6.67. The Morgan fingerprint density at radius 1 is 1.29 bits per heavy atom. The van der Waals surface area contributed by atoms with Gasteiger partial charge in [-0.3, -0.25) is 0 Å². The summed E-state index contributed by atoms with van der Waals surface area (Å²) in [5.41, 5.74) is 0. The molecule has 0 unspecified atom stereocenters. The molecule has 0 radical (unpaired) electrons. The van der Waals surface area contributed by atoms with Crippen LogP contribution in [0.2, 0.25) is 0 Å². The summed E-state index contributed by atoms with van der Waals surface area (Å²) in [5.74, 6) is 1.09. The molecule has 1 rings (SSSR count). The fraction of sp³-hybridized carbons (Fsp3) is 0.692. The zero-order valence-corrected chi connectivity index (χ0v) is 12.5. The van der Waals surface area contributed by atoms with Gasteiger partial charge in [0.15, 0.2) is 5.82 Å². The van der Waals surface area contributed by atoms with Crippen molar-refractivity contribution in [2.24, 2.45) is 0 Å². The highest BCUT2D eigenvalue weighted by atomic mass is 19.4. The Balaban J connectivity index is 2.94. The first-order chi connectivity index (χ1) is 9.85. The molecule has 0 aliphatic carbocycles. The van der Waals surface area contributed by atoms with Crippen LogP contribution in [0, 0.1) is 0 Å². The lowest BCUT2D eigenvalue weighted by atomic mass is 10.4. The molecule has 1 aromatic rings. The summed E-state index contributed by atoms with van der Waals surface area (Å²) in [6.45, 7) is 4.11. The van der Waals surface area contributed by atoms with E-state index in [2.05, 4.69) is 15.3 Å². The van der Waals surface area contributed by atoms with E-state index in [0.717, 1.165) is 11.3 Å². The van der Waals surface area contributed by atoms with Gasteiger partial charge in [-0.05, 0) is 13.3 Å². The van der Waals surface area contributed by atoms with Crippen LogP contribution in [-0.2, 0) is 11.3 Å². The molecular weight excluding hydrogens is 285 g/mol. The van der Waals surface area contributed by atoms with Gasteiger partial charge in [-0.2, -0.15) is 13.2 Å². The van der Waals surface area contributed by atoms with Gasteiger partial charge in [0.05, 0.1) is 0 Å². The fourth-order valence-corrected chi connectivity index (χ4v) is 1.63. The van der Waals surface area contributed by atoms with Gasteiger partial charge in [0.25, 0.3) is 0 Å². The first kappa shape index (κ1) is 17.5. The van der Waals surface area contributed by atoms with Crippen molar-refractivity contribution in [3.05, 3.63) is 11.9 Å². The first-order valence-electron chi connectivity index (χ1n) is 6.83. The Hall–Kier alpha value is -1.57. The van der Waals surface area contributed by atoms with Crippen molar-refractivity contribution in [2.45, 2.75) is 33.1 Å². The standard InChI is InChI=1S/C13H21F3N4O/c1-4-6-17-10-7-12(20(3)9-13(14,15)16)19-11(18-10)8-21-5-2/h7H,4-6,8-9H2,1-3H3,(H,17,18,19). The lowest BCUT2D eigenvalue weighted by Crippen LogP contribution is -2.31. The molecule has 0 aliphatic heterocycles. The summed E-state index contributed by atoms with van der Waals surface area (Å²) >= 11 is 0. The van der Waals surface area contributed by atoms with Gasteiger partial charge < -0.3 is 15.0 Å². The molecule has 0 aliphatic rings. The van der Waals surface area contributed by atoms with Crippen molar-refractivity contribution in [2.75, 3.05) is 37.0 Å². The van der Waals surface area contributed by atoms with Crippen molar-refractivity contribution < 1.29 is 17.9 Å². The smallest absolute Gasteiger partial charge is 0.374 e. The third-order valence-corrected chi connectivity index (χ3v) is 2.56. The van der Waals surface area contributed by atoms with Gasteiger partial charge >= 0.3 is 6.18 Å². The SMILES string of the molecule is CCCNc1cc(N(C)CC(F)(F)F)nc(COCC)n1. The second-order valence-corrected chi connectivity index (χ2v) is 4.56. The van der Waals surface area contributed by atoms with Crippen molar-refractivity contribution in [3.8, 4) is 0 Å². The van der Waals surface area contributed by atoms with E-state index in [0.29, 0.717) is 24.8 Å². The van der Waals surface area contributed by atoms with Crippen LogP contribution in [0.3, 0.4) is 0 Å². The second-order valence-electron chi connectivity index (χ2n) is 4.56. The number of ether oxygens (including phenoxy) is 1. The van der Waals surface area contributed by atoms with E-state index < -0.39 is 12.7 Å². The van der Waals surface area contributed by atoms with E-state index in [1.165, 1.54) is 13.1 Å². The van der Waals surface area contributed by atoms with Gasteiger partial charge in [-0.1, -0.05) is 6.92 Å². The predicted molar refractivity (Wildman–Crippen MR) is 75.5 cm³/mol. The highest BCUT2D eigenvalue weighted by molar-refractivity contribution is 5.49. The third-order valence-electron chi connectivity index (χ3n) is 2.56. The van der Waals surface area contributed by atoms with Crippen LogP contribution in [0.15, 0.2) is 6.07 Å². The van der Waals surface area contributed by atoms with E-state index in [1.807, 2.05) is 13.8 Å². The normalized spacial score (nSPS) is 11.5. The van der Waals surface area contributed by atoms with Crippen molar-refractivity contribution in [1.82, 2.24) is 9.97 Å². The molecule has 1 heterocycles. The molecule has 1 aromatic heterocycles. The number of hydrogen-bond acceptors (Lipinski definition) is 5. The molecular formula is C13H21F3N4O. The minimum atomic E-state index is -4.28. The van der Waals surface area contributed by atoms with Crippen molar-refractivity contribution in [1.29, 1.82) is 0 Å². The monoisotopic (exact) mass is 306 g/mol. The summed E-state index contributed by atoms with van der Waals surface area (Å²) in [7, 11) is 1.35.